The number of ether oxygens (including phenoxy) is 1. The molecule has 0 amide bonds. The summed E-state index contributed by atoms with van der Waals surface area (Å²) in [5.41, 5.74) is 2.80. The zero-order valence-corrected chi connectivity index (χ0v) is 14.6. The molecule has 128 valence electrons. The third-order valence-corrected chi connectivity index (χ3v) is 5.40. The van der Waals surface area contributed by atoms with Crippen LogP contribution in [0.15, 0.2) is 24.3 Å². The van der Waals surface area contributed by atoms with Gasteiger partial charge in [-0.05, 0) is 30.9 Å². The molecular formula is C20H32N2O. The van der Waals surface area contributed by atoms with Gasteiger partial charge in [0.25, 0.3) is 0 Å². The molecular weight excluding hydrogens is 284 g/mol. The van der Waals surface area contributed by atoms with Gasteiger partial charge in [0.15, 0.2) is 0 Å². The fraction of sp³-hybridized carbons (Fsp3) is 0.700. The minimum atomic E-state index is 0.607. The Kier molecular flexibility index (Phi) is 6.35. The molecule has 23 heavy (non-hydrogen) atoms. The van der Waals surface area contributed by atoms with Crippen molar-refractivity contribution in [1.82, 2.24) is 5.32 Å². The monoisotopic (exact) mass is 316 g/mol. The summed E-state index contributed by atoms with van der Waals surface area (Å²) >= 11 is 0. The Morgan fingerprint density at radius 2 is 1.87 bits per heavy atom. The first kappa shape index (κ1) is 16.8. The lowest BCUT2D eigenvalue weighted by Gasteiger charge is -2.31. The molecule has 3 rings (SSSR count). The van der Waals surface area contributed by atoms with Gasteiger partial charge in [0, 0.05) is 31.4 Å². The van der Waals surface area contributed by atoms with Gasteiger partial charge in [-0.15, -0.1) is 0 Å². The Hall–Kier alpha value is -1.06. The lowest BCUT2D eigenvalue weighted by molar-refractivity contribution is 0.122. The average molecular weight is 316 g/mol. The summed E-state index contributed by atoms with van der Waals surface area (Å²) in [5, 5.41) is 3.77. The molecule has 0 spiro atoms. The Morgan fingerprint density at radius 3 is 2.65 bits per heavy atom. The van der Waals surface area contributed by atoms with Crippen molar-refractivity contribution in [3.05, 3.63) is 29.8 Å². The van der Waals surface area contributed by atoms with Gasteiger partial charge >= 0.3 is 0 Å². The van der Waals surface area contributed by atoms with Crippen LogP contribution in [-0.4, -0.2) is 32.3 Å². The third-order valence-electron chi connectivity index (χ3n) is 5.40. The fourth-order valence-electron chi connectivity index (χ4n) is 4.06. The van der Waals surface area contributed by atoms with Crippen molar-refractivity contribution >= 4 is 5.69 Å². The summed E-state index contributed by atoms with van der Waals surface area (Å²) in [7, 11) is 0. The van der Waals surface area contributed by atoms with E-state index in [1.807, 2.05) is 0 Å². The molecule has 2 aliphatic rings. The highest BCUT2D eigenvalue weighted by atomic mass is 16.5. The quantitative estimate of drug-likeness (QED) is 0.859. The molecule has 0 bridgehead atoms. The fourth-order valence-corrected chi connectivity index (χ4v) is 4.06. The predicted octanol–water partition coefficient (Wildman–Crippen LogP) is 3.97. The van der Waals surface area contributed by atoms with Crippen molar-refractivity contribution in [3.63, 3.8) is 0 Å². The molecule has 1 unspecified atom stereocenters. The lowest BCUT2D eigenvalue weighted by Crippen LogP contribution is -2.37. The second-order valence-electron chi connectivity index (χ2n) is 7.25. The number of hydrogen-bond acceptors (Lipinski definition) is 3. The Morgan fingerprint density at radius 1 is 1.13 bits per heavy atom. The Labute approximate surface area is 141 Å². The molecule has 1 saturated carbocycles. The summed E-state index contributed by atoms with van der Waals surface area (Å²) in [6, 6.07) is 9.45. The highest BCUT2D eigenvalue weighted by Gasteiger charge is 2.17. The zero-order chi connectivity index (χ0) is 15.9. The minimum Gasteiger partial charge on any atom is -0.378 e. The molecule has 3 nitrogen and oxygen atoms in total. The number of rotatable bonds is 6. The van der Waals surface area contributed by atoms with Crippen LogP contribution in [0, 0.1) is 5.92 Å². The number of para-hydroxylation sites is 1. The van der Waals surface area contributed by atoms with Gasteiger partial charge in [0.1, 0.15) is 0 Å². The summed E-state index contributed by atoms with van der Waals surface area (Å²) in [5.74, 6) is 0.945. The number of hydrogen-bond donors (Lipinski definition) is 1. The highest BCUT2D eigenvalue weighted by Crippen LogP contribution is 2.27. The number of morpholine rings is 1. The largest absolute Gasteiger partial charge is 0.378 e. The van der Waals surface area contributed by atoms with Crippen LogP contribution >= 0.6 is 0 Å². The van der Waals surface area contributed by atoms with Crippen molar-refractivity contribution in [1.29, 1.82) is 0 Å². The summed E-state index contributed by atoms with van der Waals surface area (Å²) in [6.45, 7) is 7.04. The first-order valence-corrected chi connectivity index (χ1v) is 9.47. The van der Waals surface area contributed by atoms with E-state index in [-0.39, 0.29) is 0 Å². The van der Waals surface area contributed by atoms with E-state index in [4.69, 9.17) is 4.74 Å². The van der Waals surface area contributed by atoms with Crippen molar-refractivity contribution in [2.75, 3.05) is 31.2 Å². The molecule has 0 aromatic heterocycles. The average Bonchev–Trinajstić information content (AvgIpc) is 2.62. The van der Waals surface area contributed by atoms with Gasteiger partial charge in [0.2, 0.25) is 0 Å². The van der Waals surface area contributed by atoms with Crippen LogP contribution in [0.1, 0.15) is 51.0 Å². The van der Waals surface area contributed by atoms with E-state index in [2.05, 4.69) is 41.4 Å². The van der Waals surface area contributed by atoms with Gasteiger partial charge in [-0.25, -0.2) is 0 Å². The van der Waals surface area contributed by atoms with Gasteiger partial charge < -0.3 is 15.0 Å². The number of benzene rings is 1. The molecule has 1 heterocycles. The van der Waals surface area contributed by atoms with Crippen molar-refractivity contribution in [2.24, 2.45) is 5.92 Å². The zero-order valence-electron chi connectivity index (χ0n) is 14.6. The Balaban J connectivity index is 1.52. The van der Waals surface area contributed by atoms with Gasteiger partial charge in [0.05, 0.1) is 13.2 Å². The molecule has 1 saturated heterocycles. The van der Waals surface area contributed by atoms with Gasteiger partial charge in [-0.2, -0.15) is 0 Å². The Bertz CT molecular complexity index is 464. The van der Waals surface area contributed by atoms with Crippen molar-refractivity contribution in [2.45, 2.75) is 58.0 Å². The summed E-state index contributed by atoms with van der Waals surface area (Å²) < 4.78 is 5.49. The lowest BCUT2D eigenvalue weighted by atomic mass is 9.85. The smallest absolute Gasteiger partial charge is 0.0642 e. The molecule has 1 aliphatic carbocycles. The molecule has 3 heteroatoms. The van der Waals surface area contributed by atoms with Gasteiger partial charge in [-0.3, -0.25) is 0 Å². The first-order chi connectivity index (χ1) is 11.3. The van der Waals surface area contributed by atoms with E-state index in [0.717, 1.165) is 38.8 Å². The molecule has 1 aromatic rings. The maximum Gasteiger partial charge on any atom is 0.0642 e. The van der Waals surface area contributed by atoms with E-state index in [1.54, 1.807) is 0 Å². The molecule has 1 atom stereocenters. The third kappa shape index (κ3) is 4.95. The van der Waals surface area contributed by atoms with E-state index >= 15 is 0 Å². The molecule has 2 fully saturated rings. The maximum absolute atomic E-state index is 5.49. The second-order valence-corrected chi connectivity index (χ2v) is 7.25. The van der Waals surface area contributed by atoms with Crippen LogP contribution in [0.2, 0.25) is 0 Å². The predicted molar refractivity (Wildman–Crippen MR) is 97.0 cm³/mol. The summed E-state index contributed by atoms with van der Waals surface area (Å²) in [4.78, 5) is 2.46. The van der Waals surface area contributed by atoms with E-state index in [1.165, 1.54) is 49.8 Å². The standard InChI is InChI=1S/C20H32N2O/c1-17(15-18-7-3-2-4-8-18)21-16-19-9-5-6-10-20(19)22-11-13-23-14-12-22/h5-6,9-10,17-18,21H,2-4,7-8,11-16H2,1H3. The number of nitrogens with one attached hydrogen (secondary N) is 1. The topological polar surface area (TPSA) is 24.5 Å². The number of nitrogens with zero attached hydrogens (tertiary/aromatic N) is 1. The SMILES string of the molecule is CC(CC1CCCCC1)NCc1ccccc1N1CCOCC1. The van der Waals surface area contributed by atoms with Crippen molar-refractivity contribution < 1.29 is 4.74 Å². The highest BCUT2D eigenvalue weighted by molar-refractivity contribution is 5.53. The van der Waals surface area contributed by atoms with E-state index in [9.17, 15) is 0 Å². The first-order valence-electron chi connectivity index (χ1n) is 9.47. The molecule has 0 radical (unpaired) electrons. The van der Waals surface area contributed by atoms with Crippen LogP contribution in [0.4, 0.5) is 5.69 Å². The maximum atomic E-state index is 5.49. The van der Waals surface area contributed by atoms with Gasteiger partial charge in [-0.1, -0.05) is 50.3 Å². The van der Waals surface area contributed by atoms with E-state index < -0.39 is 0 Å². The van der Waals surface area contributed by atoms with E-state index in [0.29, 0.717) is 6.04 Å². The molecule has 1 N–H and O–H groups in total. The van der Waals surface area contributed by atoms with Crippen molar-refractivity contribution in [3.8, 4) is 0 Å². The van der Waals surface area contributed by atoms with Crippen LogP contribution < -0.4 is 10.2 Å². The van der Waals surface area contributed by atoms with Crippen LogP contribution in [0.5, 0.6) is 0 Å². The van der Waals surface area contributed by atoms with Crippen LogP contribution in [0.3, 0.4) is 0 Å². The second kappa shape index (κ2) is 8.70. The molecule has 1 aromatic carbocycles. The van der Waals surface area contributed by atoms with Crippen LogP contribution in [-0.2, 0) is 11.3 Å². The molecule has 1 aliphatic heterocycles. The minimum absolute atomic E-state index is 0.607. The number of anilines is 1. The summed E-state index contributed by atoms with van der Waals surface area (Å²) in [6.07, 6.45) is 8.55. The van der Waals surface area contributed by atoms with Crippen LogP contribution in [0.25, 0.3) is 0 Å². The normalized spacial score (nSPS) is 21.3.